The van der Waals surface area contributed by atoms with Crippen molar-refractivity contribution >= 4 is 58.2 Å². The lowest BCUT2D eigenvalue weighted by Gasteiger charge is -2.11. The highest BCUT2D eigenvalue weighted by Crippen LogP contribution is 2.37. The van der Waals surface area contributed by atoms with Crippen molar-refractivity contribution in [3.05, 3.63) is 68.0 Å². The van der Waals surface area contributed by atoms with E-state index < -0.39 is 23.7 Å². The van der Waals surface area contributed by atoms with Crippen LogP contribution >= 0.6 is 35.0 Å². The Balaban J connectivity index is 1.77. The first-order chi connectivity index (χ1) is 13.7. The topological polar surface area (TPSA) is 83.9 Å². The number of benzene rings is 2. The maximum atomic E-state index is 12.2. The zero-order valence-electron chi connectivity index (χ0n) is 15.1. The zero-order valence-corrected chi connectivity index (χ0v) is 17.5. The Morgan fingerprint density at radius 1 is 1.17 bits per heavy atom. The number of carboxylic acids is 1. The third-order valence-electron chi connectivity index (χ3n) is 3.99. The molecule has 1 aliphatic rings. The number of hydrogen-bond donors (Lipinski definition) is 1. The molecule has 29 heavy (non-hydrogen) atoms. The minimum atomic E-state index is -1.27. The van der Waals surface area contributed by atoms with Crippen molar-refractivity contribution in [2.45, 2.75) is 13.5 Å². The zero-order chi connectivity index (χ0) is 21.1. The summed E-state index contributed by atoms with van der Waals surface area (Å²) in [4.78, 5) is 35.6. The first-order valence-electron chi connectivity index (χ1n) is 8.39. The number of nitrogens with zero attached hydrogens (tertiary/aromatic N) is 1. The molecule has 0 atom stereocenters. The van der Waals surface area contributed by atoms with Crippen LogP contribution in [0.25, 0.3) is 6.08 Å². The van der Waals surface area contributed by atoms with Crippen LogP contribution in [-0.4, -0.2) is 33.7 Å². The minimum Gasteiger partial charge on any atom is -0.486 e. The number of imide groups is 1. The maximum absolute atomic E-state index is 12.2. The van der Waals surface area contributed by atoms with Crippen LogP contribution in [0.15, 0.2) is 41.3 Å². The lowest BCUT2D eigenvalue weighted by Crippen LogP contribution is -2.33. The number of ether oxygens (including phenoxy) is 1. The Morgan fingerprint density at radius 3 is 2.38 bits per heavy atom. The molecule has 0 saturated carbocycles. The number of aryl methyl sites for hydroxylation is 1. The van der Waals surface area contributed by atoms with Gasteiger partial charge in [-0.3, -0.25) is 19.3 Å². The molecule has 1 N–H and O–H groups in total. The van der Waals surface area contributed by atoms with Crippen LogP contribution in [0.3, 0.4) is 0 Å². The summed E-state index contributed by atoms with van der Waals surface area (Å²) in [5, 5.41) is 8.67. The van der Waals surface area contributed by atoms with Gasteiger partial charge in [-0.1, -0.05) is 53.0 Å². The van der Waals surface area contributed by atoms with Gasteiger partial charge in [-0.15, -0.1) is 0 Å². The van der Waals surface area contributed by atoms with Crippen molar-refractivity contribution in [3.63, 3.8) is 0 Å². The van der Waals surface area contributed by atoms with Gasteiger partial charge in [0.15, 0.2) is 5.75 Å². The summed E-state index contributed by atoms with van der Waals surface area (Å²) >= 11 is 13.2. The summed E-state index contributed by atoms with van der Waals surface area (Å²) in [6.07, 6.45) is 1.44. The van der Waals surface area contributed by atoms with E-state index in [-0.39, 0.29) is 21.6 Å². The molecule has 6 nitrogen and oxygen atoms in total. The van der Waals surface area contributed by atoms with Gasteiger partial charge in [-0.2, -0.15) is 0 Å². The molecule has 1 saturated heterocycles. The second-order valence-electron chi connectivity index (χ2n) is 6.25. The van der Waals surface area contributed by atoms with Crippen molar-refractivity contribution in [1.82, 2.24) is 4.90 Å². The third-order valence-corrected chi connectivity index (χ3v) is 5.46. The molecular weight excluding hydrogens is 437 g/mol. The Morgan fingerprint density at radius 2 is 1.79 bits per heavy atom. The molecule has 0 aromatic heterocycles. The lowest BCUT2D eigenvalue weighted by molar-refractivity contribution is -0.140. The maximum Gasteiger partial charge on any atom is 0.323 e. The van der Waals surface area contributed by atoms with E-state index in [9.17, 15) is 14.4 Å². The average molecular weight is 452 g/mol. The highest BCUT2D eigenvalue weighted by atomic mass is 35.5. The first-order valence-corrected chi connectivity index (χ1v) is 9.96. The number of amides is 2. The number of halogens is 2. The predicted molar refractivity (Wildman–Crippen MR) is 112 cm³/mol. The molecule has 0 radical (unpaired) electrons. The van der Waals surface area contributed by atoms with Crippen molar-refractivity contribution in [2.24, 2.45) is 0 Å². The Kier molecular flexibility index (Phi) is 6.52. The van der Waals surface area contributed by atoms with E-state index in [4.69, 9.17) is 33.0 Å². The second kappa shape index (κ2) is 8.90. The SMILES string of the molecule is Cc1ccc(COc2c(Cl)cc(/C=C3/SC(=O)N(CC(=O)O)C3=O)cc2Cl)cc1. The molecule has 1 fully saturated rings. The van der Waals surface area contributed by atoms with Crippen LogP contribution in [0.2, 0.25) is 10.0 Å². The average Bonchev–Trinajstić information content (AvgIpc) is 2.89. The summed E-state index contributed by atoms with van der Waals surface area (Å²) in [7, 11) is 0. The molecule has 2 amide bonds. The summed E-state index contributed by atoms with van der Waals surface area (Å²) in [6.45, 7) is 1.59. The number of thioether (sulfide) groups is 1. The lowest BCUT2D eigenvalue weighted by atomic mass is 10.1. The molecule has 0 spiro atoms. The van der Waals surface area contributed by atoms with Gasteiger partial charge < -0.3 is 9.84 Å². The molecule has 150 valence electrons. The van der Waals surface area contributed by atoms with Gasteiger partial charge in [0.05, 0.1) is 15.0 Å². The minimum absolute atomic E-state index is 0.0942. The summed E-state index contributed by atoms with van der Waals surface area (Å²) in [6, 6.07) is 11.0. The fourth-order valence-corrected chi connectivity index (χ4v) is 4.01. The van der Waals surface area contributed by atoms with E-state index in [0.29, 0.717) is 28.0 Å². The fourth-order valence-electron chi connectivity index (χ4n) is 2.56. The summed E-state index contributed by atoms with van der Waals surface area (Å²) in [5.41, 5.74) is 2.59. The first kappa shape index (κ1) is 21.2. The van der Waals surface area contributed by atoms with Gasteiger partial charge in [0.1, 0.15) is 13.2 Å². The standard InChI is InChI=1S/C20H15Cl2NO5S/c1-11-2-4-12(5-3-11)10-28-18-14(21)6-13(7-15(18)22)8-16-19(26)23(9-17(24)25)20(27)29-16/h2-8H,9-10H2,1H3,(H,24,25)/b16-8+. The number of aliphatic carboxylic acids is 1. The van der Waals surface area contributed by atoms with E-state index >= 15 is 0 Å². The smallest absolute Gasteiger partial charge is 0.323 e. The van der Waals surface area contributed by atoms with Crippen molar-refractivity contribution < 1.29 is 24.2 Å². The van der Waals surface area contributed by atoms with E-state index in [1.807, 2.05) is 31.2 Å². The molecule has 2 aromatic carbocycles. The molecule has 2 aromatic rings. The normalized spacial score (nSPS) is 15.3. The van der Waals surface area contributed by atoms with Crippen LogP contribution in [-0.2, 0) is 16.2 Å². The Hall–Kier alpha value is -2.48. The molecule has 1 heterocycles. The van der Waals surface area contributed by atoms with Gasteiger partial charge in [0.25, 0.3) is 11.1 Å². The van der Waals surface area contributed by atoms with Crippen LogP contribution < -0.4 is 4.74 Å². The van der Waals surface area contributed by atoms with E-state index in [2.05, 4.69) is 0 Å². The van der Waals surface area contributed by atoms with Crippen LogP contribution in [0.4, 0.5) is 4.79 Å². The quantitative estimate of drug-likeness (QED) is 0.621. The number of hydrogen-bond acceptors (Lipinski definition) is 5. The molecule has 0 unspecified atom stereocenters. The van der Waals surface area contributed by atoms with Gasteiger partial charge in [0, 0.05) is 0 Å². The monoisotopic (exact) mass is 451 g/mol. The van der Waals surface area contributed by atoms with Crippen molar-refractivity contribution in [1.29, 1.82) is 0 Å². The molecular formula is C20H15Cl2NO5S. The molecule has 0 aliphatic carbocycles. The molecule has 3 rings (SSSR count). The van der Waals surface area contributed by atoms with Gasteiger partial charge in [-0.25, -0.2) is 0 Å². The van der Waals surface area contributed by atoms with E-state index in [1.54, 1.807) is 12.1 Å². The van der Waals surface area contributed by atoms with Crippen molar-refractivity contribution in [2.75, 3.05) is 6.54 Å². The highest BCUT2D eigenvalue weighted by Gasteiger charge is 2.36. The van der Waals surface area contributed by atoms with Gasteiger partial charge in [-0.05, 0) is 48.0 Å². The van der Waals surface area contributed by atoms with Crippen LogP contribution in [0.5, 0.6) is 5.75 Å². The van der Waals surface area contributed by atoms with Gasteiger partial charge in [0.2, 0.25) is 0 Å². The number of carbonyl (C=O) groups is 3. The molecule has 0 bridgehead atoms. The number of carboxylic acid groups (broad SMARTS) is 1. The van der Waals surface area contributed by atoms with E-state index in [1.165, 1.54) is 6.08 Å². The largest absolute Gasteiger partial charge is 0.486 e. The van der Waals surface area contributed by atoms with E-state index in [0.717, 1.165) is 11.1 Å². The van der Waals surface area contributed by atoms with Gasteiger partial charge >= 0.3 is 5.97 Å². The van der Waals surface area contributed by atoms with Crippen LogP contribution in [0.1, 0.15) is 16.7 Å². The molecule has 1 aliphatic heterocycles. The van der Waals surface area contributed by atoms with Crippen molar-refractivity contribution in [3.8, 4) is 5.75 Å². The summed E-state index contributed by atoms with van der Waals surface area (Å²) < 4.78 is 5.73. The molecule has 9 heteroatoms. The fraction of sp³-hybridized carbons (Fsp3) is 0.150. The van der Waals surface area contributed by atoms with Crippen LogP contribution in [0, 0.1) is 6.92 Å². The second-order valence-corrected chi connectivity index (χ2v) is 8.06. The number of carbonyl (C=O) groups excluding carboxylic acids is 2. The third kappa shape index (κ3) is 5.12. The Labute approximate surface area is 181 Å². The highest BCUT2D eigenvalue weighted by molar-refractivity contribution is 8.18. The Bertz CT molecular complexity index is 997. The predicted octanol–water partition coefficient (Wildman–Crippen LogP) is 5.00. The summed E-state index contributed by atoms with van der Waals surface area (Å²) in [5.74, 6) is -1.63. The number of rotatable bonds is 6.